The topological polar surface area (TPSA) is 97.1 Å². The van der Waals surface area contributed by atoms with E-state index in [4.69, 9.17) is 5.11 Å². The van der Waals surface area contributed by atoms with Crippen LogP contribution in [-0.2, 0) is 15.8 Å². The number of aliphatic carboxylic acids is 1. The molecule has 0 aliphatic heterocycles. The number of amides is 1. The Hall–Kier alpha value is -3.08. The predicted octanol–water partition coefficient (Wildman–Crippen LogP) is 4.39. The van der Waals surface area contributed by atoms with Crippen molar-refractivity contribution in [1.82, 2.24) is 20.1 Å². The summed E-state index contributed by atoms with van der Waals surface area (Å²) in [7, 11) is 0. The van der Waals surface area contributed by atoms with E-state index >= 15 is 0 Å². The van der Waals surface area contributed by atoms with Crippen LogP contribution in [0.1, 0.15) is 44.0 Å². The average molecular weight is 478 g/mol. The van der Waals surface area contributed by atoms with Crippen molar-refractivity contribution in [3.05, 3.63) is 47.8 Å². The van der Waals surface area contributed by atoms with Crippen LogP contribution in [0.25, 0.3) is 16.5 Å². The van der Waals surface area contributed by atoms with Gasteiger partial charge in [0.2, 0.25) is 11.7 Å². The van der Waals surface area contributed by atoms with E-state index in [-0.39, 0.29) is 10.8 Å². The summed E-state index contributed by atoms with van der Waals surface area (Å²) in [6.07, 6.45) is -2.69. The van der Waals surface area contributed by atoms with Crippen molar-refractivity contribution in [1.29, 1.82) is 0 Å². The molecular weight excluding hydrogens is 457 g/mol. The van der Waals surface area contributed by atoms with Gasteiger partial charge in [-0.15, -0.1) is 10.2 Å². The quantitative estimate of drug-likeness (QED) is 0.489. The molecule has 0 saturated heterocycles. The molecule has 0 spiro atoms. The van der Waals surface area contributed by atoms with Crippen LogP contribution in [-0.4, -0.2) is 43.0 Å². The zero-order chi connectivity index (χ0) is 24.0. The van der Waals surface area contributed by atoms with Gasteiger partial charge in [-0.05, 0) is 49.6 Å². The van der Waals surface area contributed by atoms with Crippen LogP contribution in [0.4, 0.5) is 13.2 Å². The molecule has 4 rings (SSSR count). The zero-order valence-corrected chi connectivity index (χ0v) is 18.6. The van der Waals surface area contributed by atoms with E-state index in [0.29, 0.717) is 11.3 Å². The van der Waals surface area contributed by atoms with Crippen LogP contribution < -0.4 is 5.32 Å². The largest absolute Gasteiger partial charge is 0.480 e. The molecule has 174 valence electrons. The second-order valence-corrected chi connectivity index (χ2v) is 9.91. The van der Waals surface area contributed by atoms with Crippen molar-refractivity contribution in [2.45, 2.75) is 48.7 Å². The number of carboxylic acids is 1. The molecule has 11 heteroatoms. The number of hydrogen-bond donors (Lipinski definition) is 2. The van der Waals surface area contributed by atoms with E-state index in [1.165, 1.54) is 13.8 Å². The number of nitrogens with one attached hydrogen (secondary N) is 1. The summed E-state index contributed by atoms with van der Waals surface area (Å²) in [5.74, 6) is -2.67. The Morgan fingerprint density at radius 2 is 1.79 bits per heavy atom. The maximum absolute atomic E-state index is 13.9. The maximum atomic E-state index is 13.9. The summed E-state index contributed by atoms with van der Waals surface area (Å²) in [6.45, 7) is 2.36. The molecule has 1 saturated carbocycles. The van der Waals surface area contributed by atoms with Gasteiger partial charge in [-0.25, -0.2) is 0 Å². The van der Waals surface area contributed by atoms with E-state index < -0.39 is 35.2 Å². The molecule has 0 radical (unpaired) electrons. The summed E-state index contributed by atoms with van der Waals surface area (Å²) in [4.78, 5) is 23.3. The number of rotatable bonds is 7. The van der Waals surface area contributed by atoms with E-state index in [0.717, 1.165) is 40.1 Å². The summed E-state index contributed by atoms with van der Waals surface area (Å²) in [6, 6.07) is 10.7. The molecule has 0 atom stereocenters. The summed E-state index contributed by atoms with van der Waals surface area (Å²) < 4.78 is 41.3. The van der Waals surface area contributed by atoms with Crippen LogP contribution >= 0.6 is 11.8 Å². The fourth-order valence-electron chi connectivity index (χ4n) is 3.63. The first-order chi connectivity index (χ1) is 15.5. The number of carboxylic acid groups (broad SMARTS) is 1. The summed E-state index contributed by atoms with van der Waals surface area (Å²) in [5, 5.41) is 19.6. The second-order valence-electron chi connectivity index (χ2n) is 8.32. The molecule has 2 aromatic carbocycles. The van der Waals surface area contributed by atoms with Gasteiger partial charge in [-0.1, -0.05) is 42.1 Å². The van der Waals surface area contributed by atoms with Crippen molar-refractivity contribution in [3.63, 3.8) is 0 Å². The number of alkyl halides is 3. The lowest BCUT2D eigenvalue weighted by molar-refractivity contribution is -0.146. The van der Waals surface area contributed by atoms with Gasteiger partial charge in [0.25, 0.3) is 0 Å². The Morgan fingerprint density at radius 3 is 2.39 bits per heavy atom. The Balaban J connectivity index is 1.82. The molecule has 1 fully saturated rings. The molecule has 3 aromatic rings. The lowest BCUT2D eigenvalue weighted by atomic mass is 9.99. The van der Waals surface area contributed by atoms with Gasteiger partial charge in [-0.2, -0.15) is 13.2 Å². The maximum Gasteiger partial charge on any atom is 0.452 e. The van der Waals surface area contributed by atoms with Crippen LogP contribution in [0.15, 0.2) is 41.6 Å². The number of nitrogens with zero attached hydrogens (tertiary/aromatic N) is 3. The second kappa shape index (κ2) is 8.36. The Morgan fingerprint density at radius 1 is 1.12 bits per heavy atom. The first kappa shape index (κ1) is 23.1. The van der Waals surface area contributed by atoms with Crippen LogP contribution in [0.5, 0.6) is 0 Å². The fourth-order valence-corrected chi connectivity index (χ4v) is 4.61. The summed E-state index contributed by atoms with van der Waals surface area (Å²) in [5.41, 5.74) is 1.36. The standard InChI is InChI=1S/C22H21F3N4O3S/c1-21(2,19(32)26-11-17(30)31)33-20-28-27-18(22(23,24)25)29(20)16-10-9-13(12-7-8-12)14-5-3-4-6-15(14)16/h3-6,9-10,12H,7-8,11H2,1-2H3,(H,26,32)(H,30,31). The number of fused-ring (bicyclic) bond motifs is 1. The van der Waals surface area contributed by atoms with Crippen molar-refractivity contribution in [3.8, 4) is 5.69 Å². The molecular formula is C22H21F3N4O3S. The minimum atomic E-state index is -4.78. The lowest BCUT2D eigenvalue weighted by Gasteiger charge is -2.23. The van der Waals surface area contributed by atoms with Gasteiger partial charge in [0.05, 0.1) is 10.4 Å². The third kappa shape index (κ3) is 4.68. The zero-order valence-electron chi connectivity index (χ0n) is 17.8. The van der Waals surface area contributed by atoms with Crippen LogP contribution in [0.3, 0.4) is 0 Å². The third-order valence-corrected chi connectivity index (χ3v) is 6.52. The molecule has 1 heterocycles. The van der Waals surface area contributed by atoms with E-state index in [1.54, 1.807) is 18.2 Å². The van der Waals surface area contributed by atoms with Crippen LogP contribution in [0, 0.1) is 0 Å². The molecule has 0 bridgehead atoms. The molecule has 1 aliphatic carbocycles. The molecule has 0 unspecified atom stereocenters. The number of thioether (sulfide) groups is 1. The SMILES string of the molecule is CC(C)(Sc1nnc(C(F)(F)F)n1-c1ccc(C2CC2)c2ccccc12)C(=O)NCC(=O)O. The highest BCUT2D eigenvalue weighted by Gasteiger charge is 2.41. The minimum Gasteiger partial charge on any atom is -0.480 e. The van der Waals surface area contributed by atoms with Crippen LogP contribution in [0.2, 0.25) is 0 Å². The highest BCUT2D eigenvalue weighted by atomic mass is 32.2. The Labute approximate surface area is 191 Å². The lowest BCUT2D eigenvalue weighted by Crippen LogP contribution is -2.42. The van der Waals surface area contributed by atoms with Gasteiger partial charge in [0.15, 0.2) is 5.16 Å². The Bertz CT molecular complexity index is 1240. The molecule has 7 nitrogen and oxygen atoms in total. The molecule has 1 amide bonds. The Kier molecular flexibility index (Phi) is 5.85. The molecule has 1 aliphatic rings. The monoisotopic (exact) mass is 478 g/mol. The average Bonchev–Trinajstić information content (AvgIpc) is 3.50. The third-order valence-electron chi connectivity index (χ3n) is 5.37. The predicted molar refractivity (Wildman–Crippen MR) is 116 cm³/mol. The van der Waals surface area contributed by atoms with Crippen molar-refractivity contribution >= 4 is 34.4 Å². The normalized spacial score (nSPS) is 14.5. The van der Waals surface area contributed by atoms with Crippen molar-refractivity contribution in [2.24, 2.45) is 0 Å². The van der Waals surface area contributed by atoms with Gasteiger partial charge in [0.1, 0.15) is 6.54 Å². The van der Waals surface area contributed by atoms with E-state index in [1.807, 2.05) is 18.2 Å². The van der Waals surface area contributed by atoms with Gasteiger partial charge in [0, 0.05) is 5.39 Å². The number of benzene rings is 2. The summed E-state index contributed by atoms with van der Waals surface area (Å²) >= 11 is 0.780. The highest BCUT2D eigenvalue weighted by molar-refractivity contribution is 8.01. The first-order valence-corrected chi connectivity index (χ1v) is 11.0. The minimum absolute atomic E-state index is 0.123. The molecule has 33 heavy (non-hydrogen) atoms. The van der Waals surface area contributed by atoms with Gasteiger partial charge >= 0.3 is 12.1 Å². The van der Waals surface area contributed by atoms with Gasteiger partial charge in [-0.3, -0.25) is 14.2 Å². The number of hydrogen-bond acceptors (Lipinski definition) is 5. The fraction of sp³-hybridized carbons (Fsp3) is 0.364. The smallest absolute Gasteiger partial charge is 0.452 e. The first-order valence-electron chi connectivity index (χ1n) is 10.2. The number of aromatic nitrogens is 3. The van der Waals surface area contributed by atoms with Gasteiger partial charge < -0.3 is 10.4 Å². The van der Waals surface area contributed by atoms with Crippen molar-refractivity contribution < 1.29 is 27.9 Å². The number of carbonyl (C=O) groups excluding carboxylic acids is 1. The highest BCUT2D eigenvalue weighted by Crippen LogP contribution is 2.45. The van der Waals surface area contributed by atoms with Crippen molar-refractivity contribution in [2.75, 3.05) is 6.54 Å². The van der Waals surface area contributed by atoms with E-state index in [9.17, 15) is 22.8 Å². The number of halogens is 3. The van der Waals surface area contributed by atoms with E-state index in [2.05, 4.69) is 15.5 Å². The number of carbonyl (C=O) groups is 2. The molecule has 1 aromatic heterocycles. The molecule has 2 N–H and O–H groups in total.